The zero-order chi connectivity index (χ0) is 13.2. The standard InChI is InChI=1S/C13H13N3O3/c1-17-10-4-2-3-8-5-9(7-18-12(8)10)13-15-11(6-14)19-16-13/h2-5H,6-7,14H2,1H3. The summed E-state index contributed by atoms with van der Waals surface area (Å²) in [6.45, 7) is 0.600. The Kier molecular flexibility index (Phi) is 2.92. The molecule has 19 heavy (non-hydrogen) atoms. The predicted octanol–water partition coefficient (Wildman–Crippen LogP) is 1.47. The Morgan fingerprint density at radius 2 is 2.32 bits per heavy atom. The van der Waals surface area contributed by atoms with Gasteiger partial charge in [-0.2, -0.15) is 4.98 Å². The van der Waals surface area contributed by atoms with Crippen LogP contribution in [-0.4, -0.2) is 23.9 Å². The summed E-state index contributed by atoms with van der Waals surface area (Å²) in [7, 11) is 1.62. The molecule has 1 aliphatic rings. The van der Waals surface area contributed by atoms with Gasteiger partial charge in [-0.05, 0) is 12.1 Å². The van der Waals surface area contributed by atoms with Gasteiger partial charge in [-0.3, -0.25) is 0 Å². The minimum atomic E-state index is 0.228. The van der Waals surface area contributed by atoms with E-state index in [-0.39, 0.29) is 6.54 Å². The summed E-state index contributed by atoms with van der Waals surface area (Å²) in [5.41, 5.74) is 7.23. The topological polar surface area (TPSA) is 83.4 Å². The van der Waals surface area contributed by atoms with Crippen LogP contribution in [-0.2, 0) is 6.54 Å². The average Bonchev–Trinajstić information content (AvgIpc) is 2.95. The Morgan fingerprint density at radius 3 is 3.05 bits per heavy atom. The molecule has 0 bridgehead atoms. The highest BCUT2D eigenvalue weighted by Gasteiger charge is 2.19. The molecule has 1 aliphatic heterocycles. The van der Waals surface area contributed by atoms with E-state index in [9.17, 15) is 0 Å². The van der Waals surface area contributed by atoms with E-state index in [0.29, 0.717) is 24.1 Å². The fourth-order valence-corrected chi connectivity index (χ4v) is 1.94. The smallest absolute Gasteiger partial charge is 0.240 e. The Bertz CT molecular complexity index is 634. The lowest BCUT2D eigenvalue weighted by molar-refractivity contribution is 0.326. The molecule has 2 heterocycles. The molecule has 0 spiro atoms. The molecule has 0 saturated heterocycles. The van der Waals surface area contributed by atoms with E-state index < -0.39 is 0 Å². The van der Waals surface area contributed by atoms with Crippen molar-refractivity contribution >= 4 is 11.6 Å². The van der Waals surface area contributed by atoms with E-state index in [1.165, 1.54) is 0 Å². The summed E-state index contributed by atoms with van der Waals surface area (Å²) in [4.78, 5) is 4.19. The molecule has 0 amide bonds. The number of nitrogens with zero attached hydrogens (tertiary/aromatic N) is 2. The van der Waals surface area contributed by atoms with Crippen LogP contribution in [0.4, 0.5) is 0 Å². The van der Waals surface area contributed by atoms with E-state index in [2.05, 4.69) is 10.1 Å². The quantitative estimate of drug-likeness (QED) is 0.898. The van der Waals surface area contributed by atoms with Gasteiger partial charge in [0.2, 0.25) is 11.7 Å². The monoisotopic (exact) mass is 259 g/mol. The van der Waals surface area contributed by atoms with E-state index in [4.69, 9.17) is 19.7 Å². The summed E-state index contributed by atoms with van der Waals surface area (Å²) in [6.07, 6.45) is 1.96. The van der Waals surface area contributed by atoms with Gasteiger partial charge in [0.1, 0.15) is 6.61 Å². The molecule has 0 radical (unpaired) electrons. The Balaban J connectivity index is 1.99. The van der Waals surface area contributed by atoms with E-state index >= 15 is 0 Å². The van der Waals surface area contributed by atoms with Crippen LogP contribution in [0.15, 0.2) is 22.7 Å². The number of ether oxygens (including phenoxy) is 2. The van der Waals surface area contributed by atoms with Gasteiger partial charge in [-0.15, -0.1) is 0 Å². The first-order chi connectivity index (χ1) is 9.31. The molecule has 0 saturated carbocycles. The van der Waals surface area contributed by atoms with E-state index in [1.54, 1.807) is 7.11 Å². The lowest BCUT2D eigenvalue weighted by Gasteiger charge is -2.18. The Morgan fingerprint density at radius 1 is 1.42 bits per heavy atom. The van der Waals surface area contributed by atoms with Gasteiger partial charge >= 0.3 is 0 Å². The number of rotatable bonds is 3. The number of hydrogen-bond acceptors (Lipinski definition) is 6. The second-order valence-corrected chi connectivity index (χ2v) is 4.05. The van der Waals surface area contributed by atoms with Crippen molar-refractivity contribution < 1.29 is 14.0 Å². The van der Waals surface area contributed by atoms with Crippen LogP contribution in [0, 0.1) is 0 Å². The van der Waals surface area contributed by atoms with Crippen molar-refractivity contribution in [2.24, 2.45) is 5.73 Å². The van der Waals surface area contributed by atoms with Gasteiger partial charge < -0.3 is 19.7 Å². The van der Waals surface area contributed by atoms with Crippen molar-refractivity contribution in [1.29, 1.82) is 0 Å². The molecule has 2 N–H and O–H groups in total. The molecule has 0 unspecified atom stereocenters. The molecule has 1 aromatic heterocycles. The third-order valence-electron chi connectivity index (χ3n) is 2.86. The summed E-state index contributed by atoms with van der Waals surface area (Å²) < 4.78 is 16.0. The fourth-order valence-electron chi connectivity index (χ4n) is 1.94. The van der Waals surface area contributed by atoms with Crippen LogP contribution in [0.25, 0.3) is 11.6 Å². The van der Waals surface area contributed by atoms with Crippen molar-refractivity contribution in [2.75, 3.05) is 13.7 Å². The maximum Gasteiger partial charge on any atom is 0.240 e. The minimum absolute atomic E-state index is 0.228. The highest BCUT2D eigenvalue weighted by atomic mass is 16.5. The molecule has 0 fully saturated rings. The summed E-state index contributed by atoms with van der Waals surface area (Å²) in [6, 6.07) is 5.71. The van der Waals surface area contributed by atoms with Crippen molar-refractivity contribution in [3.63, 3.8) is 0 Å². The zero-order valence-corrected chi connectivity index (χ0v) is 10.4. The van der Waals surface area contributed by atoms with Gasteiger partial charge in [0.15, 0.2) is 11.5 Å². The van der Waals surface area contributed by atoms with Crippen molar-refractivity contribution in [3.05, 3.63) is 35.5 Å². The molecule has 3 rings (SSSR count). The zero-order valence-electron chi connectivity index (χ0n) is 10.4. The Hall–Kier alpha value is -2.34. The van der Waals surface area contributed by atoms with E-state index in [1.807, 2.05) is 24.3 Å². The third-order valence-corrected chi connectivity index (χ3v) is 2.86. The molecular formula is C13H13N3O3. The normalized spacial score (nSPS) is 13.5. The molecule has 6 nitrogen and oxygen atoms in total. The molecule has 0 atom stereocenters. The molecule has 2 aromatic rings. The SMILES string of the molecule is COc1cccc2c1OCC(c1noc(CN)n1)=C2. The number of aromatic nitrogens is 2. The van der Waals surface area contributed by atoms with Gasteiger partial charge in [0, 0.05) is 11.1 Å². The average molecular weight is 259 g/mol. The van der Waals surface area contributed by atoms with Crippen molar-refractivity contribution in [2.45, 2.75) is 6.54 Å². The maximum absolute atomic E-state index is 5.71. The lowest BCUT2D eigenvalue weighted by Crippen LogP contribution is -2.09. The van der Waals surface area contributed by atoms with Crippen LogP contribution in [0.3, 0.4) is 0 Å². The maximum atomic E-state index is 5.71. The van der Waals surface area contributed by atoms with Gasteiger partial charge in [0.25, 0.3) is 0 Å². The number of fused-ring (bicyclic) bond motifs is 1. The summed E-state index contributed by atoms with van der Waals surface area (Å²) >= 11 is 0. The predicted molar refractivity (Wildman–Crippen MR) is 68.5 cm³/mol. The first-order valence-electron chi connectivity index (χ1n) is 5.85. The summed E-state index contributed by atoms with van der Waals surface area (Å²) in [5.74, 6) is 2.36. The number of benzene rings is 1. The molecule has 6 heteroatoms. The summed E-state index contributed by atoms with van der Waals surface area (Å²) in [5, 5.41) is 3.88. The Labute approximate surface area is 109 Å². The highest BCUT2D eigenvalue weighted by Crippen LogP contribution is 2.36. The van der Waals surface area contributed by atoms with Crippen LogP contribution < -0.4 is 15.2 Å². The molecular weight excluding hydrogens is 246 g/mol. The van der Waals surface area contributed by atoms with Crippen molar-refractivity contribution in [1.82, 2.24) is 10.1 Å². The van der Waals surface area contributed by atoms with Crippen molar-refractivity contribution in [3.8, 4) is 11.5 Å². The second-order valence-electron chi connectivity index (χ2n) is 4.05. The first kappa shape index (κ1) is 11.7. The second kappa shape index (κ2) is 4.74. The van der Waals surface area contributed by atoms with E-state index in [0.717, 1.165) is 16.9 Å². The van der Waals surface area contributed by atoms with Crippen LogP contribution in [0.1, 0.15) is 17.3 Å². The number of para-hydroxylation sites is 1. The largest absolute Gasteiger partial charge is 0.493 e. The van der Waals surface area contributed by atoms with Crippen LogP contribution in [0.2, 0.25) is 0 Å². The molecule has 0 aliphatic carbocycles. The minimum Gasteiger partial charge on any atom is -0.493 e. The van der Waals surface area contributed by atoms with Gasteiger partial charge in [0.05, 0.1) is 13.7 Å². The third kappa shape index (κ3) is 2.06. The number of nitrogens with two attached hydrogens (primary N) is 1. The number of methoxy groups -OCH3 is 1. The highest BCUT2D eigenvalue weighted by molar-refractivity contribution is 5.84. The van der Waals surface area contributed by atoms with Gasteiger partial charge in [-0.25, -0.2) is 0 Å². The van der Waals surface area contributed by atoms with Crippen LogP contribution >= 0.6 is 0 Å². The molecule has 1 aromatic carbocycles. The van der Waals surface area contributed by atoms with Crippen LogP contribution in [0.5, 0.6) is 11.5 Å². The fraction of sp³-hybridized carbons (Fsp3) is 0.231. The number of hydrogen-bond donors (Lipinski definition) is 1. The first-order valence-corrected chi connectivity index (χ1v) is 5.85. The van der Waals surface area contributed by atoms with Gasteiger partial charge in [-0.1, -0.05) is 17.3 Å². The molecule has 98 valence electrons. The lowest BCUT2D eigenvalue weighted by atomic mass is 10.1.